The molecule has 0 spiro atoms. The maximum atomic E-state index is 11.6. The van der Waals surface area contributed by atoms with Crippen LogP contribution in [0.25, 0.3) is 0 Å². The first-order valence-electron chi connectivity index (χ1n) is 4.77. The average molecular weight is 201 g/mol. The molecule has 0 saturated carbocycles. The van der Waals surface area contributed by atoms with Crippen LogP contribution in [0.3, 0.4) is 0 Å². The fraction of sp³-hybridized carbons (Fsp3) is 0.167. The molecule has 0 unspecified atom stereocenters. The van der Waals surface area contributed by atoms with Gasteiger partial charge in [-0.05, 0) is 11.6 Å². The zero-order chi connectivity index (χ0) is 10.8. The van der Waals surface area contributed by atoms with Crippen molar-refractivity contribution in [3.05, 3.63) is 42.5 Å². The van der Waals surface area contributed by atoms with Gasteiger partial charge in [-0.25, -0.2) is 0 Å². The Hall–Kier alpha value is -1.90. The fourth-order valence-corrected chi connectivity index (χ4v) is 1.74. The van der Waals surface area contributed by atoms with Gasteiger partial charge in [-0.2, -0.15) is 0 Å². The Bertz CT molecular complexity index is 437. The van der Waals surface area contributed by atoms with Crippen LogP contribution in [-0.4, -0.2) is 18.2 Å². The summed E-state index contributed by atoms with van der Waals surface area (Å²) in [6.07, 6.45) is 1.83. The summed E-state index contributed by atoms with van der Waals surface area (Å²) in [5, 5.41) is 0. The van der Waals surface area contributed by atoms with Crippen molar-refractivity contribution >= 4 is 17.4 Å². The van der Waals surface area contributed by atoms with E-state index in [1.807, 2.05) is 24.3 Å². The number of carbonyl (C=O) groups is 2. The monoisotopic (exact) mass is 201 g/mol. The fourth-order valence-electron chi connectivity index (χ4n) is 1.74. The van der Waals surface area contributed by atoms with Gasteiger partial charge < -0.3 is 4.90 Å². The molecule has 1 aromatic carbocycles. The van der Waals surface area contributed by atoms with Crippen LogP contribution in [0, 0.1) is 0 Å². The van der Waals surface area contributed by atoms with Crippen LogP contribution >= 0.6 is 0 Å². The Labute approximate surface area is 88.0 Å². The van der Waals surface area contributed by atoms with Crippen LogP contribution in [0.5, 0.6) is 0 Å². The molecule has 1 aromatic rings. The van der Waals surface area contributed by atoms with E-state index in [0.717, 1.165) is 11.3 Å². The number of hydrogen-bond donors (Lipinski definition) is 0. The van der Waals surface area contributed by atoms with Crippen molar-refractivity contribution in [1.82, 2.24) is 0 Å². The highest BCUT2D eigenvalue weighted by molar-refractivity contribution is 6.43. The lowest BCUT2D eigenvalue weighted by atomic mass is 10.0. The Morgan fingerprint density at radius 3 is 2.80 bits per heavy atom. The number of hydrogen-bond acceptors (Lipinski definition) is 2. The predicted molar refractivity (Wildman–Crippen MR) is 57.7 cm³/mol. The van der Waals surface area contributed by atoms with E-state index in [9.17, 15) is 9.59 Å². The smallest absolute Gasteiger partial charge is 0.295 e. The third-order valence-electron chi connectivity index (χ3n) is 2.43. The molecule has 15 heavy (non-hydrogen) atoms. The van der Waals surface area contributed by atoms with Gasteiger partial charge in [0.05, 0.1) is 0 Å². The molecular formula is C12H11NO2. The van der Waals surface area contributed by atoms with E-state index in [0.29, 0.717) is 6.54 Å². The van der Waals surface area contributed by atoms with Crippen molar-refractivity contribution in [3.63, 3.8) is 0 Å². The van der Waals surface area contributed by atoms with Crippen molar-refractivity contribution in [2.75, 3.05) is 11.4 Å². The van der Waals surface area contributed by atoms with Gasteiger partial charge in [0, 0.05) is 18.7 Å². The summed E-state index contributed by atoms with van der Waals surface area (Å²) >= 11 is 0. The number of fused-ring (bicyclic) bond motifs is 1. The topological polar surface area (TPSA) is 37.4 Å². The van der Waals surface area contributed by atoms with Crippen LogP contribution in [0.1, 0.15) is 5.56 Å². The van der Waals surface area contributed by atoms with Crippen molar-refractivity contribution in [3.8, 4) is 0 Å². The summed E-state index contributed by atoms with van der Waals surface area (Å²) in [5.41, 5.74) is 1.73. The highest BCUT2D eigenvalue weighted by atomic mass is 16.2. The third kappa shape index (κ3) is 1.56. The molecule has 0 aliphatic carbocycles. The second-order valence-electron chi connectivity index (χ2n) is 3.43. The molecule has 2 rings (SSSR count). The summed E-state index contributed by atoms with van der Waals surface area (Å²) < 4.78 is 0. The highest BCUT2D eigenvalue weighted by Crippen LogP contribution is 2.25. The molecule has 0 atom stereocenters. The van der Waals surface area contributed by atoms with E-state index in [1.54, 1.807) is 6.08 Å². The van der Waals surface area contributed by atoms with Gasteiger partial charge in [0.25, 0.3) is 5.91 Å². The molecule has 0 aromatic heterocycles. The maximum absolute atomic E-state index is 11.6. The Morgan fingerprint density at radius 2 is 2.07 bits per heavy atom. The number of ketones is 1. The standard InChI is InChI=1S/C12H11NO2/c1-2-7-13-10-6-4-3-5-9(10)8-11(14)12(13)15/h2-6H,1,7-8H2. The van der Waals surface area contributed by atoms with E-state index in [1.165, 1.54) is 4.90 Å². The number of amides is 1. The number of Topliss-reactive ketones (excluding diaryl/α,β-unsaturated/α-hetero) is 1. The van der Waals surface area contributed by atoms with E-state index >= 15 is 0 Å². The lowest BCUT2D eigenvalue weighted by Crippen LogP contribution is -2.41. The van der Waals surface area contributed by atoms with Gasteiger partial charge >= 0.3 is 0 Å². The van der Waals surface area contributed by atoms with Crippen LogP contribution in [0.2, 0.25) is 0 Å². The average Bonchev–Trinajstić information content (AvgIpc) is 2.25. The molecular weight excluding hydrogens is 190 g/mol. The number of rotatable bonds is 2. The minimum Gasteiger partial charge on any atom is -0.302 e. The van der Waals surface area contributed by atoms with Crippen molar-refractivity contribution in [2.24, 2.45) is 0 Å². The summed E-state index contributed by atoms with van der Waals surface area (Å²) in [6.45, 7) is 3.96. The normalized spacial score (nSPS) is 15.1. The van der Waals surface area contributed by atoms with Crippen LogP contribution in [0.15, 0.2) is 36.9 Å². The second-order valence-corrected chi connectivity index (χ2v) is 3.43. The zero-order valence-corrected chi connectivity index (χ0v) is 8.27. The number of benzene rings is 1. The number of anilines is 1. The first-order chi connectivity index (χ1) is 7.24. The van der Waals surface area contributed by atoms with Gasteiger partial charge in [-0.3, -0.25) is 9.59 Å². The van der Waals surface area contributed by atoms with Crippen LogP contribution in [-0.2, 0) is 16.0 Å². The largest absolute Gasteiger partial charge is 0.302 e. The second kappa shape index (κ2) is 3.69. The molecule has 0 saturated heterocycles. The molecule has 0 N–H and O–H groups in total. The van der Waals surface area contributed by atoms with Gasteiger partial charge in [0.1, 0.15) is 0 Å². The van der Waals surface area contributed by atoms with Gasteiger partial charge in [-0.1, -0.05) is 24.3 Å². The Morgan fingerprint density at radius 1 is 1.33 bits per heavy atom. The number of carbonyl (C=O) groups excluding carboxylic acids is 2. The third-order valence-corrected chi connectivity index (χ3v) is 2.43. The SMILES string of the molecule is C=CCN1C(=O)C(=O)Cc2ccccc21. The lowest BCUT2D eigenvalue weighted by molar-refractivity contribution is -0.136. The molecule has 3 nitrogen and oxygen atoms in total. The quantitative estimate of drug-likeness (QED) is 0.534. The van der Waals surface area contributed by atoms with Crippen molar-refractivity contribution in [1.29, 1.82) is 0 Å². The molecule has 76 valence electrons. The molecule has 3 heteroatoms. The molecule has 1 heterocycles. The molecule has 0 radical (unpaired) electrons. The first kappa shape index (κ1) is 9.65. The minimum absolute atomic E-state index is 0.211. The maximum Gasteiger partial charge on any atom is 0.295 e. The molecule has 0 fully saturated rings. The lowest BCUT2D eigenvalue weighted by Gasteiger charge is -2.27. The number of nitrogens with zero attached hydrogens (tertiary/aromatic N) is 1. The van der Waals surface area contributed by atoms with E-state index < -0.39 is 5.91 Å². The van der Waals surface area contributed by atoms with Gasteiger partial charge in [0.15, 0.2) is 0 Å². The minimum atomic E-state index is -0.436. The molecule has 1 aliphatic heterocycles. The Balaban J connectivity index is 2.49. The number of para-hydroxylation sites is 1. The molecule has 0 bridgehead atoms. The highest BCUT2D eigenvalue weighted by Gasteiger charge is 2.29. The van der Waals surface area contributed by atoms with Crippen molar-refractivity contribution < 1.29 is 9.59 Å². The first-order valence-corrected chi connectivity index (χ1v) is 4.77. The Kier molecular flexibility index (Phi) is 2.37. The summed E-state index contributed by atoms with van der Waals surface area (Å²) in [4.78, 5) is 24.5. The summed E-state index contributed by atoms with van der Waals surface area (Å²) in [7, 11) is 0. The van der Waals surface area contributed by atoms with Gasteiger partial charge in [0.2, 0.25) is 5.78 Å². The zero-order valence-electron chi connectivity index (χ0n) is 8.27. The summed E-state index contributed by atoms with van der Waals surface area (Å²) in [5.74, 6) is -0.788. The van der Waals surface area contributed by atoms with Crippen molar-refractivity contribution in [2.45, 2.75) is 6.42 Å². The van der Waals surface area contributed by atoms with E-state index in [4.69, 9.17) is 0 Å². The van der Waals surface area contributed by atoms with Crippen LogP contribution in [0.4, 0.5) is 5.69 Å². The summed E-state index contributed by atoms with van der Waals surface area (Å²) in [6, 6.07) is 7.45. The van der Waals surface area contributed by atoms with E-state index in [-0.39, 0.29) is 12.2 Å². The van der Waals surface area contributed by atoms with Crippen LogP contribution < -0.4 is 4.90 Å². The predicted octanol–water partition coefficient (Wildman–Crippen LogP) is 1.33. The molecule has 1 amide bonds. The molecule has 1 aliphatic rings. The van der Waals surface area contributed by atoms with Gasteiger partial charge in [-0.15, -0.1) is 6.58 Å². The van der Waals surface area contributed by atoms with E-state index in [2.05, 4.69) is 6.58 Å².